The molecule has 2 fully saturated rings. The quantitative estimate of drug-likeness (QED) is 0.0173. The molecular formula is C50H72N4O28. The first-order valence-corrected chi connectivity index (χ1v) is 25.4. The van der Waals surface area contributed by atoms with Crippen molar-refractivity contribution in [2.45, 2.75) is 82.4 Å². The first-order chi connectivity index (χ1) is 39.3. The minimum absolute atomic E-state index is 0.00431. The number of hydrogen-bond acceptors (Lipinski definition) is 28. The van der Waals surface area contributed by atoms with Gasteiger partial charge in [-0.1, -0.05) is 12.1 Å². The van der Waals surface area contributed by atoms with Gasteiger partial charge < -0.3 is 113 Å². The van der Waals surface area contributed by atoms with Gasteiger partial charge in [0, 0.05) is 40.0 Å². The van der Waals surface area contributed by atoms with Crippen LogP contribution in [-0.2, 0) is 94.2 Å². The molecule has 0 aromatic heterocycles. The molecule has 2 heterocycles. The van der Waals surface area contributed by atoms with Crippen LogP contribution in [0.25, 0.3) is 0 Å². The Morgan fingerprint density at radius 3 is 1.51 bits per heavy atom. The Morgan fingerprint density at radius 2 is 1.04 bits per heavy atom. The molecule has 0 unspecified atom stereocenters. The van der Waals surface area contributed by atoms with E-state index < -0.39 is 85.0 Å². The highest BCUT2D eigenvalue weighted by Gasteiger charge is 2.48. The van der Waals surface area contributed by atoms with E-state index in [9.17, 15) is 64.5 Å². The summed E-state index contributed by atoms with van der Waals surface area (Å²) in [7, 11) is 0. The Balaban J connectivity index is 0.00000575. The number of nitrogens with zero attached hydrogens (tertiary/aromatic N) is 1. The van der Waals surface area contributed by atoms with Gasteiger partial charge >= 0.3 is 24.1 Å². The topological polar surface area (TPSA) is 451 Å². The smallest absolute Gasteiger partial charge is 0.373 e. The van der Waals surface area contributed by atoms with Crippen LogP contribution in [-0.4, -0.2) is 256 Å². The van der Waals surface area contributed by atoms with E-state index >= 15 is 0 Å². The summed E-state index contributed by atoms with van der Waals surface area (Å²) in [6, 6.07) is 8.45. The number of ether oxygens (including phenoxy) is 12. The summed E-state index contributed by atoms with van der Waals surface area (Å²) in [5.74, 6) is 0.368. The number of carbonyl (C=O) groups is 6. The summed E-state index contributed by atoms with van der Waals surface area (Å²) in [6.45, 7) is 3.38. The third-order valence-electron chi connectivity index (χ3n) is 11.3. The number of hydrogen-bond donors (Lipinski definition) is 10. The first-order valence-electron chi connectivity index (χ1n) is 25.4. The molecule has 0 radical (unpaired) electrons. The van der Waals surface area contributed by atoms with Crippen LogP contribution in [0, 0.1) is 0 Å². The molecule has 32 heteroatoms. The number of nitrogens with one attached hydrogen (secondary N) is 2. The van der Waals surface area contributed by atoms with Crippen LogP contribution in [0.3, 0.4) is 0 Å². The van der Waals surface area contributed by atoms with Crippen molar-refractivity contribution in [1.29, 1.82) is 0 Å². The number of rotatable bonds is 37. The molecule has 82 heavy (non-hydrogen) atoms. The van der Waals surface area contributed by atoms with E-state index in [1.807, 2.05) is 0 Å². The van der Waals surface area contributed by atoms with E-state index in [4.69, 9.17) is 72.3 Å². The Morgan fingerprint density at radius 1 is 0.598 bits per heavy atom. The lowest BCUT2D eigenvalue weighted by Crippen LogP contribution is -2.61. The molecular weight excluding hydrogens is 1100 g/mol. The second-order valence-corrected chi connectivity index (χ2v) is 17.4. The Kier molecular flexibility index (Phi) is 33.4. The number of esters is 2. The summed E-state index contributed by atoms with van der Waals surface area (Å²) in [5.41, 5.74) is 0.706. The second kappa shape index (κ2) is 39.1. The van der Waals surface area contributed by atoms with Crippen molar-refractivity contribution in [3.8, 4) is 11.5 Å². The Hall–Kier alpha value is -6.40. The zero-order valence-electron chi connectivity index (χ0n) is 45.0. The van der Waals surface area contributed by atoms with E-state index in [-0.39, 0.29) is 167 Å². The fourth-order valence-corrected chi connectivity index (χ4v) is 7.14. The molecule has 3 amide bonds. The van der Waals surface area contributed by atoms with Gasteiger partial charge in [-0.3, -0.25) is 24.0 Å². The standard InChI is InChI=1S/C49H72N4O26.CO2/c1-29(54)73-25-31-3-5-36(77-48-42(61)39(58)35(56)27-75-48)33(23-31)45(63)51-7-11-67-15-17-69-13-9-53(38(57)28-72-20-19-71-21-22-76-50)10-14-70-18-16-68-12-8-52-46(64)34-24-32(26-74-30(2)55)4-6-37(34)78-49-43(62)40(59)41(60)44(79-49)47(65)66;2-1-3/h3-6,23-24,35,39-44,48-49,56,58-62H,7-22,25-28,50H2,1-2H3,(H,51,63)(H,52,64)(H,65,66);/t35-,39+,40+,41+,42-,43-,44+,48+,49-;/m1./s1. The van der Waals surface area contributed by atoms with Gasteiger partial charge in [0.05, 0.1) is 97.0 Å². The maximum atomic E-state index is 13.4. The predicted molar refractivity (Wildman–Crippen MR) is 268 cm³/mol. The molecule has 460 valence electrons. The minimum atomic E-state index is -1.97. The monoisotopic (exact) mass is 1180 g/mol. The van der Waals surface area contributed by atoms with Crippen molar-refractivity contribution >= 4 is 41.8 Å². The van der Waals surface area contributed by atoms with Crippen LogP contribution in [0.2, 0.25) is 0 Å². The normalized spacial score (nSPS) is 21.2. The molecule has 0 saturated carbocycles. The lowest BCUT2D eigenvalue weighted by molar-refractivity contribution is -0.271. The van der Waals surface area contributed by atoms with Gasteiger partial charge in [-0.2, -0.15) is 9.59 Å². The van der Waals surface area contributed by atoms with E-state index in [0.717, 1.165) is 0 Å². The molecule has 2 aliphatic rings. The predicted octanol–water partition coefficient (Wildman–Crippen LogP) is -4.70. The van der Waals surface area contributed by atoms with Crippen LogP contribution < -0.4 is 26.0 Å². The molecule has 2 aromatic rings. The van der Waals surface area contributed by atoms with Crippen LogP contribution in [0.15, 0.2) is 36.4 Å². The highest BCUT2D eigenvalue weighted by molar-refractivity contribution is 5.97. The maximum Gasteiger partial charge on any atom is 0.373 e. The fourth-order valence-electron chi connectivity index (χ4n) is 7.14. The summed E-state index contributed by atoms with van der Waals surface area (Å²) in [6.07, 6.45) is -15.2. The van der Waals surface area contributed by atoms with E-state index in [0.29, 0.717) is 11.1 Å². The molecule has 9 atom stereocenters. The zero-order valence-corrected chi connectivity index (χ0v) is 45.0. The minimum Gasteiger partial charge on any atom is -0.479 e. The highest BCUT2D eigenvalue weighted by Crippen LogP contribution is 2.29. The summed E-state index contributed by atoms with van der Waals surface area (Å²) >= 11 is 0. The van der Waals surface area contributed by atoms with Crippen molar-refractivity contribution < 1.29 is 136 Å². The van der Waals surface area contributed by atoms with Crippen molar-refractivity contribution in [1.82, 2.24) is 15.5 Å². The van der Waals surface area contributed by atoms with Crippen molar-refractivity contribution in [2.75, 3.05) is 119 Å². The van der Waals surface area contributed by atoms with Gasteiger partial charge in [-0.05, 0) is 35.4 Å². The lowest BCUT2D eigenvalue weighted by Gasteiger charge is -2.38. The Labute approximate surface area is 469 Å². The number of nitrogens with two attached hydrogens (primary N) is 1. The molecule has 32 nitrogen and oxygen atoms in total. The largest absolute Gasteiger partial charge is 0.479 e. The van der Waals surface area contributed by atoms with Crippen LogP contribution in [0.4, 0.5) is 0 Å². The molecule has 0 aliphatic carbocycles. The lowest BCUT2D eigenvalue weighted by atomic mass is 9.99. The van der Waals surface area contributed by atoms with E-state index in [1.165, 1.54) is 55.1 Å². The molecule has 0 bridgehead atoms. The summed E-state index contributed by atoms with van der Waals surface area (Å²) in [4.78, 5) is 96.3. The number of benzene rings is 2. The molecule has 0 spiro atoms. The molecule has 11 N–H and O–H groups in total. The molecule has 2 aliphatic heterocycles. The average Bonchev–Trinajstić information content (AvgIpc) is 3.53. The van der Waals surface area contributed by atoms with Gasteiger partial charge in [0.15, 0.2) is 6.10 Å². The Bertz CT molecular complexity index is 2310. The third kappa shape index (κ3) is 25.4. The molecule has 4 rings (SSSR count). The average molecular weight is 1180 g/mol. The summed E-state index contributed by atoms with van der Waals surface area (Å²) < 4.78 is 65.3. The molecule has 2 aromatic carbocycles. The fraction of sp³-hybridized carbons (Fsp3) is 0.620. The van der Waals surface area contributed by atoms with Gasteiger partial charge in [0.1, 0.15) is 67.9 Å². The zero-order chi connectivity index (χ0) is 60.4. The maximum absolute atomic E-state index is 13.4. The van der Waals surface area contributed by atoms with E-state index in [1.54, 1.807) is 0 Å². The van der Waals surface area contributed by atoms with Crippen LogP contribution in [0.5, 0.6) is 11.5 Å². The number of aliphatic hydroxyl groups excluding tert-OH is 6. The van der Waals surface area contributed by atoms with E-state index in [2.05, 4.69) is 15.5 Å². The number of aliphatic carboxylic acids is 1. The van der Waals surface area contributed by atoms with Crippen molar-refractivity contribution in [3.05, 3.63) is 58.7 Å². The van der Waals surface area contributed by atoms with Gasteiger partial charge in [-0.25, -0.2) is 10.7 Å². The number of carboxylic acids is 1. The first kappa shape index (κ1) is 69.9. The highest BCUT2D eigenvalue weighted by atomic mass is 16.7. The summed E-state index contributed by atoms with van der Waals surface area (Å²) in [5, 5.41) is 75.7. The number of carbonyl (C=O) groups excluding carboxylic acids is 7. The van der Waals surface area contributed by atoms with Crippen LogP contribution >= 0.6 is 0 Å². The number of aliphatic hydroxyl groups is 6. The van der Waals surface area contributed by atoms with Gasteiger partial charge in [0.2, 0.25) is 18.5 Å². The third-order valence-corrected chi connectivity index (χ3v) is 11.3. The molecule has 2 saturated heterocycles. The SMILES string of the molecule is CC(=O)OCc1ccc(O[C@@H]2O[C@H](C(=O)O)[C@@H](O)[C@H](O)[C@H]2O)c(C(=O)NCCOCCOCCN(CCOCCOCCNC(=O)c2cc(COC(C)=O)ccc2O[C@@H]2OC[C@@H](O)[C@H](O)[C@H]2O)C(=O)COCCOCCON)c1.O=C=O. The van der Waals surface area contributed by atoms with Crippen molar-refractivity contribution in [3.63, 3.8) is 0 Å². The second-order valence-electron chi connectivity index (χ2n) is 17.4. The number of amides is 3. The van der Waals surface area contributed by atoms with Crippen molar-refractivity contribution in [2.24, 2.45) is 5.90 Å². The van der Waals surface area contributed by atoms with Gasteiger partial charge in [-0.15, -0.1) is 0 Å². The van der Waals surface area contributed by atoms with Gasteiger partial charge in [0.25, 0.3) is 11.8 Å². The van der Waals surface area contributed by atoms with Crippen LogP contribution in [0.1, 0.15) is 45.7 Å². The number of carboxylic acid groups (broad SMARTS) is 1.